The monoisotopic (exact) mass is 255 g/mol. The van der Waals surface area contributed by atoms with Gasteiger partial charge in [-0.15, -0.1) is 11.8 Å². The quantitative estimate of drug-likeness (QED) is 0.511. The zero-order valence-electron chi connectivity index (χ0n) is 7.80. The number of halogens is 4. The van der Waals surface area contributed by atoms with E-state index < -0.39 is 39.6 Å². The molecule has 0 aliphatic carbocycles. The summed E-state index contributed by atoms with van der Waals surface area (Å²) in [6, 6.07) is 0. The number of pyridine rings is 1. The summed E-state index contributed by atoms with van der Waals surface area (Å²) < 4.78 is 51.3. The van der Waals surface area contributed by atoms with Crippen molar-refractivity contribution in [3.05, 3.63) is 23.5 Å². The van der Waals surface area contributed by atoms with E-state index in [1.807, 2.05) is 0 Å². The Morgan fingerprint density at radius 3 is 2.06 bits per heavy atom. The van der Waals surface area contributed by atoms with Crippen LogP contribution >= 0.6 is 11.8 Å². The predicted octanol–water partition coefficient (Wildman–Crippen LogP) is 2.20. The van der Waals surface area contributed by atoms with Crippen LogP contribution in [0.25, 0.3) is 0 Å². The van der Waals surface area contributed by atoms with Gasteiger partial charge in [0.25, 0.3) is 11.9 Å². The molecule has 8 heteroatoms. The van der Waals surface area contributed by atoms with Crippen LogP contribution in [0.4, 0.5) is 17.6 Å². The van der Waals surface area contributed by atoms with Crippen molar-refractivity contribution >= 4 is 17.7 Å². The summed E-state index contributed by atoms with van der Waals surface area (Å²) in [5.74, 6) is -8.37. The minimum Gasteiger partial charge on any atom is -0.480 e. The summed E-state index contributed by atoms with van der Waals surface area (Å²) >= 11 is 0.164. The molecule has 0 amide bonds. The van der Waals surface area contributed by atoms with Gasteiger partial charge in [-0.1, -0.05) is 0 Å². The van der Waals surface area contributed by atoms with Gasteiger partial charge in [0.1, 0.15) is 5.25 Å². The van der Waals surface area contributed by atoms with Crippen molar-refractivity contribution in [2.24, 2.45) is 0 Å². The molecule has 0 spiro atoms. The van der Waals surface area contributed by atoms with Crippen LogP contribution in [0, 0.1) is 23.5 Å². The van der Waals surface area contributed by atoms with E-state index in [0.717, 1.165) is 6.92 Å². The van der Waals surface area contributed by atoms with Gasteiger partial charge in [0.05, 0.1) is 4.90 Å². The SMILES string of the molecule is CC(Sc1c(F)c(F)nc(F)c1F)C(=O)O. The molecule has 1 N–H and O–H groups in total. The number of carboxylic acid groups (broad SMARTS) is 1. The van der Waals surface area contributed by atoms with Gasteiger partial charge in [0, 0.05) is 0 Å². The van der Waals surface area contributed by atoms with Gasteiger partial charge in [0.2, 0.25) is 0 Å². The van der Waals surface area contributed by atoms with E-state index in [9.17, 15) is 22.4 Å². The molecule has 1 heterocycles. The zero-order valence-corrected chi connectivity index (χ0v) is 8.62. The fraction of sp³-hybridized carbons (Fsp3) is 0.250. The first-order valence-electron chi connectivity index (χ1n) is 3.94. The lowest BCUT2D eigenvalue weighted by atomic mass is 10.4. The van der Waals surface area contributed by atoms with Gasteiger partial charge in [-0.2, -0.15) is 13.8 Å². The highest BCUT2D eigenvalue weighted by atomic mass is 32.2. The van der Waals surface area contributed by atoms with Crippen LogP contribution in [-0.2, 0) is 4.79 Å². The molecule has 16 heavy (non-hydrogen) atoms. The maximum Gasteiger partial charge on any atom is 0.316 e. The second-order valence-electron chi connectivity index (χ2n) is 2.75. The van der Waals surface area contributed by atoms with E-state index >= 15 is 0 Å². The van der Waals surface area contributed by atoms with Crippen LogP contribution in [-0.4, -0.2) is 21.3 Å². The van der Waals surface area contributed by atoms with Crippen LogP contribution in [0.1, 0.15) is 6.92 Å². The summed E-state index contributed by atoms with van der Waals surface area (Å²) in [7, 11) is 0. The predicted molar refractivity (Wildman–Crippen MR) is 47.0 cm³/mol. The molecule has 0 saturated carbocycles. The van der Waals surface area contributed by atoms with Crippen molar-refractivity contribution in [1.29, 1.82) is 0 Å². The number of thioether (sulfide) groups is 1. The number of aliphatic carboxylic acids is 1. The molecule has 0 aromatic carbocycles. The second-order valence-corrected chi connectivity index (χ2v) is 4.10. The van der Waals surface area contributed by atoms with E-state index in [2.05, 4.69) is 4.98 Å². The molecule has 0 fully saturated rings. The summed E-state index contributed by atoms with van der Waals surface area (Å²) in [4.78, 5) is 11.7. The van der Waals surface area contributed by atoms with Crippen molar-refractivity contribution in [2.75, 3.05) is 0 Å². The first-order valence-corrected chi connectivity index (χ1v) is 4.82. The summed E-state index contributed by atoms with van der Waals surface area (Å²) in [6.07, 6.45) is 0. The highest BCUT2D eigenvalue weighted by molar-refractivity contribution is 8.00. The van der Waals surface area contributed by atoms with Gasteiger partial charge < -0.3 is 5.11 Å². The van der Waals surface area contributed by atoms with E-state index in [1.165, 1.54) is 0 Å². The largest absolute Gasteiger partial charge is 0.480 e. The maximum absolute atomic E-state index is 13.0. The molecule has 88 valence electrons. The third-order valence-corrected chi connectivity index (χ3v) is 2.75. The number of hydrogen-bond donors (Lipinski definition) is 1. The Balaban J connectivity index is 3.17. The van der Waals surface area contributed by atoms with E-state index in [-0.39, 0.29) is 11.8 Å². The summed E-state index contributed by atoms with van der Waals surface area (Å²) in [5.41, 5.74) is 0. The molecular weight excluding hydrogens is 250 g/mol. The minimum atomic E-state index is -1.81. The number of aromatic nitrogens is 1. The number of hydrogen-bond acceptors (Lipinski definition) is 3. The Morgan fingerprint density at radius 1 is 1.25 bits per heavy atom. The zero-order chi connectivity index (χ0) is 12.5. The number of nitrogens with zero attached hydrogens (tertiary/aromatic N) is 1. The number of carbonyl (C=O) groups is 1. The van der Waals surface area contributed by atoms with Crippen LogP contribution in [0.2, 0.25) is 0 Å². The molecule has 1 unspecified atom stereocenters. The molecule has 0 radical (unpaired) electrons. The normalized spacial score (nSPS) is 12.6. The molecule has 0 saturated heterocycles. The molecule has 0 aliphatic heterocycles. The van der Waals surface area contributed by atoms with Crippen molar-refractivity contribution in [3.63, 3.8) is 0 Å². The third kappa shape index (κ3) is 2.43. The Bertz CT molecular complexity index is 414. The average molecular weight is 255 g/mol. The molecule has 1 aromatic heterocycles. The van der Waals surface area contributed by atoms with Crippen molar-refractivity contribution in [2.45, 2.75) is 17.1 Å². The summed E-state index contributed by atoms with van der Waals surface area (Å²) in [6.45, 7) is 1.13. The third-order valence-electron chi connectivity index (χ3n) is 1.60. The Labute approximate surface area is 91.5 Å². The summed E-state index contributed by atoms with van der Waals surface area (Å²) in [5, 5.41) is 7.25. The first kappa shape index (κ1) is 12.8. The van der Waals surface area contributed by atoms with Crippen LogP contribution < -0.4 is 0 Å². The smallest absolute Gasteiger partial charge is 0.316 e. The van der Waals surface area contributed by atoms with Gasteiger partial charge in [0.15, 0.2) is 11.6 Å². The Morgan fingerprint density at radius 2 is 1.69 bits per heavy atom. The van der Waals surface area contributed by atoms with Gasteiger partial charge in [-0.3, -0.25) is 4.79 Å². The van der Waals surface area contributed by atoms with Crippen molar-refractivity contribution in [1.82, 2.24) is 4.98 Å². The van der Waals surface area contributed by atoms with Gasteiger partial charge in [-0.25, -0.2) is 8.78 Å². The number of rotatable bonds is 3. The lowest BCUT2D eigenvalue weighted by Crippen LogP contribution is -2.13. The maximum atomic E-state index is 13.0. The molecule has 0 aliphatic rings. The fourth-order valence-electron chi connectivity index (χ4n) is 0.799. The highest BCUT2D eigenvalue weighted by Gasteiger charge is 2.24. The van der Waals surface area contributed by atoms with Crippen LogP contribution in [0.5, 0.6) is 0 Å². The van der Waals surface area contributed by atoms with Crippen LogP contribution in [0.3, 0.4) is 0 Å². The molecule has 1 aromatic rings. The molecule has 3 nitrogen and oxygen atoms in total. The first-order chi connectivity index (χ1) is 7.34. The second kappa shape index (κ2) is 4.69. The lowest BCUT2D eigenvalue weighted by molar-refractivity contribution is -0.136. The van der Waals surface area contributed by atoms with Crippen molar-refractivity contribution < 1.29 is 27.5 Å². The van der Waals surface area contributed by atoms with E-state index in [4.69, 9.17) is 5.11 Å². The highest BCUT2D eigenvalue weighted by Crippen LogP contribution is 2.30. The topological polar surface area (TPSA) is 50.2 Å². The van der Waals surface area contributed by atoms with Crippen LogP contribution in [0.15, 0.2) is 4.90 Å². The van der Waals surface area contributed by atoms with E-state index in [1.54, 1.807) is 0 Å². The molecule has 1 rings (SSSR count). The Kier molecular flexibility index (Phi) is 3.74. The number of carboxylic acids is 1. The molecular formula is C8H5F4NO2S. The van der Waals surface area contributed by atoms with Gasteiger partial charge in [-0.05, 0) is 6.92 Å². The minimum absolute atomic E-state index is 0.164. The average Bonchev–Trinajstić information content (AvgIpc) is 2.21. The van der Waals surface area contributed by atoms with E-state index in [0.29, 0.717) is 0 Å². The molecule has 0 bridgehead atoms. The Hall–Kier alpha value is -1.31. The standard InChI is InChI=1S/C8H5F4NO2S/c1-2(8(14)15)16-5-3(9)6(11)13-7(12)4(5)10/h2H,1H3,(H,14,15). The fourth-order valence-corrected chi connectivity index (χ4v) is 1.63. The van der Waals surface area contributed by atoms with Crippen molar-refractivity contribution in [3.8, 4) is 0 Å². The van der Waals surface area contributed by atoms with Gasteiger partial charge >= 0.3 is 5.97 Å². The lowest BCUT2D eigenvalue weighted by Gasteiger charge is -2.08. The molecule has 1 atom stereocenters.